The van der Waals surface area contributed by atoms with Crippen LogP contribution in [0.25, 0.3) is 6.15 Å². The zero-order valence-corrected chi connectivity index (χ0v) is 5.75. The van der Waals surface area contributed by atoms with E-state index < -0.39 is 0 Å². The predicted molar refractivity (Wildman–Crippen MR) is 15.3 cm³/mol. The fraction of sp³-hybridized carbons (Fsp3) is 0. The van der Waals surface area contributed by atoms with Crippen LogP contribution in [0.3, 0.4) is 0 Å². The first kappa shape index (κ1) is 193. The monoisotopic (exact) mass is 113 g/mol. The van der Waals surface area contributed by atoms with Gasteiger partial charge in [-0.15, -0.1) is 0 Å². The van der Waals surface area contributed by atoms with E-state index in [4.69, 9.17) is 0 Å². The van der Waals surface area contributed by atoms with Crippen LogP contribution in [0.5, 0.6) is 0 Å². The van der Waals surface area contributed by atoms with Crippen LogP contribution in [0.15, 0.2) is 0 Å². The molecule has 0 aromatic heterocycles. The fourth-order valence-electron chi connectivity index (χ4n) is 0. The topological polar surface area (TPSA) is 65.0 Å². The smallest absolute Gasteiger partial charge is 0.693 e. The number of nitrogens with two attached hydrogens (primary N) is 1. The zero-order chi connectivity index (χ0) is 0. The Bertz CT molecular complexity index is 8.00. The maximum absolute atomic E-state index is 0. The fourth-order valence-corrected chi connectivity index (χ4v) is 0. The summed E-state index contributed by atoms with van der Waals surface area (Å²) in [5.41, 5.74) is 0. The van der Waals surface area contributed by atoms with Crippen LogP contribution in [0.4, 0.5) is 0 Å². The van der Waals surface area contributed by atoms with Gasteiger partial charge in [0.2, 0.25) is 0 Å². The van der Waals surface area contributed by atoms with Gasteiger partial charge in [-0.1, -0.05) is 0 Å². The Kier molecular flexibility index (Phi) is 3750. The molecule has 0 radical (unpaired) electrons. The molecule has 0 bridgehead atoms. The maximum Gasteiger partial charge on any atom is 2.00 e. The van der Waals surface area contributed by atoms with Crippen LogP contribution in [-0.2, 0) is 19.5 Å². The van der Waals surface area contributed by atoms with Gasteiger partial charge >= 0.3 is 19.5 Å². The second-order valence-corrected chi connectivity index (χ2v) is 0. The zero-order valence-electron chi connectivity index (χ0n) is 2.78. The molecule has 24 valence electrons. The number of rotatable bonds is 0. The van der Waals surface area contributed by atoms with Crippen LogP contribution >= 0.6 is 0 Å². The van der Waals surface area contributed by atoms with E-state index in [0.717, 1.165) is 0 Å². The van der Waals surface area contributed by atoms with E-state index >= 15 is 0 Å². The average molecular weight is 114 g/mol. The summed E-state index contributed by atoms with van der Waals surface area (Å²) in [5.74, 6) is 0. The molecular weight excluding hydrogens is 107 g/mol. The first-order valence-electron chi connectivity index (χ1n) is 0. The molecule has 0 fully saturated rings. The number of hydrogen-bond acceptors (Lipinski definition) is 0. The van der Waals surface area contributed by atoms with Gasteiger partial charge in [0.1, 0.15) is 0 Å². The van der Waals surface area contributed by atoms with Gasteiger partial charge in [0.15, 0.2) is 0 Å². The van der Waals surface area contributed by atoms with Crippen molar-refractivity contribution < 1.29 is 25.0 Å². The van der Waals surface area contributed by atoms with E-state index in [2.05, 4.69) is 0 Å². The van der Waals surface area contributed by atoms with Gasteiger partial charge in [-0.25, -0.2) is 0 Å². The second-order valence-electron chi connectivity index (χ2n) is 0. The van der Waals surface area contributed by atoms with E-state index in [9.17, 15) is 0 Å². The second kappa shape index (κ2) is 77.6. The summed E-state index contributed by atoms with van der Waals surface area (Å²) < 4.78 is 0. The van der Waals surface area contributed by atoms with Gasteiger partial charge in [0, 0.05) is 0 Å². The SMILES string of the molecule is O.[CH3-].[NH2-].[Zn+2]. The Morgan fingerprint density at radius 2 is 1.00 bits per heavy atom. The van der Waals surface area contributed by atoms with Crippen LogP contribution in [0.1, 0.15) is 0 Å². The molecule has 0 amide bonds. The molecule has 0 saturated heterocycles. The van der Waals surface area contributed by atoms with Crippen LogP contribution in [-0.4, -0.2) is 5.48 Å². The van der Waals surface area contributed by atoms with Crippen molar-refractivity contribution >= 4 is 0 Å². The quantitative estimate of drug-likeness (QED) is 0.322. The Labute approximate surface area is 39.2 Å². The molecule has 4 heavy (non-hydrogen) atoms. The molecule has 4 N–H and O–H groups in total. The average Bonchev–Trinajstić information content (AvgIpc) is 0. The van der Waals surface area contributed by atoms with Crippen LogP contribution in [0.2, 0.25) is 0 Å². The summed E-state index contributed by atoms with van der Waals surface area (Å²) in [5, 5.41) is 0. The maximum atomic E-state index is 0. The van der Waals surface area contributed by atoms with Gasteiger partial charge in [0.25, 0.3) is 0 Å². The molecule has 0 aliphatic rings. The largest absolute Gasteiger partial charge is 2.00 e. The third kappa shape index (κ3) is 20.5. The first-order chi connectivity index (χ1) is 0. The van der Waals surface area contributed by atoms with Gasteiger partial charge in [-0.05, 0) is 0 Å². The Morgan fingerprint density at radius 3 is 1.00 bits per heavy atom. The minimum Gasteiger partial charge on any atom is -0.693 e. The van der Waals surface area contributed by atoms with E-state index in [-0.39, 0.29) is 38.5 Å². The summed E-state index contributed by atoms with van der Waals surface area (Å²) in [6, 6.07) is 0. The van der Waals surface area contributed by atoms with E-state index in [1.54, 1.807) is 0 Å². The summed E-state index contributed by atoms with van der Waals surface area (Å²) >= 11 is 0. The molecule has 0 aromatic rings. The summed E-state index contributed by atoms with van der Waals surface area (Å²) in [7, 11) is 0. The minimum absolute atomic E-state index is 0. The molecule has 0 aromatic carbocycles. The van der Waals surface area contributed by atoms with Crippen molar-refractivity contribution in [2.75, 3.05) is 0 Å². The molecule has 3 heteroatoms. The third-order valence-electron chi connectivity index (χ3n) is 0. The van der Waals surface area contributed by atoms with E-state index in [0.29, 0.717) is 0 Å². The van der Waals surface area contributed by atoms with Gasteiger partial charge in [-0.2, -0.15) is 0 Å². The van der Waals surface area contributed by atoms with E-state index in [1.165, 1.54) is 0 Å². The number of hydrogen-bond donors (Lipinski definition) is 0. The molecule has 2 nitrogen and oxygen atoms in total. The summed E-state index contributed by atoms with van der Waals surface area (Å²) in [6.45, 7) is 0. The normalized spacial score (nSPS) is 0. The summed E-state index contributed by atoms with van der Waals surface area (Å²) in [6.07, 6.45) is 0. The van der Waals surface area contributed by atoms with Crippen molar-refractivity contribution in [3.8, 4) is 0 Å². The van der Waals surface area contributed by atoms with Gasteiger partial charge in [-0.3, -0.25) is 0 Å². The minimum atomic E-state index is 0. The van der Waals surface area contributed by atoms with Crippen molar-refractivity contribution in [3.05, 3.63) is 13.6 Å². The summed E-state index contributed by atoms with van der Waals surface area (Å²) in [4.78, 5) is 0. The molecule has 0 atom stereocenters. The van der Waals surface area contributed by atoms with Crippen LogP contribution < -0.4 is 0 Å². The van der Waals surface area contributed by atoms with Gasteiger partial charge < -0.3 is 19.1 Å². The van der Waals surface area contributed by atoms with Crippen LogP contribution in [0, 0.1) is 7.43 Å². The molecule has 0 rings (SSSR count). The molecule has 0 heterocycles. The van der Waals surface area contributed by atoms with Crippen molar-refractivity contribution in [3.63, 3.8) is 0 Å². The predicted octanol–water partition coefficient (Wildman–Crippen LogP) is 0.340. The molecule has 0 saturated carbocycles. The Hall–Kier alpha value is 0.543. The Balaban J connectivity index is 0. The van der Waals surface area contributed by atoms with Crippen molar-refractivity contribution in [2.45, 2.75) is 0 Å². The van der Waals surface area contributed by atoms with Crippen molar-refractivity contribution in [2.24, 2.45) is 0 Å². The standard InChI is InChI=1S/CH3.H2N.H2O.Zn/h1H3;2*1H2;/q2*-1;;+2. The third-order valence-corrected chi connectivity index (χ3v) is 0. The van der Waals surface area contributed by atoms with E-state index in [1.807, 2.05) is 0 Å². The van der Waals surface area contributed by atoms with Gasteiger partial charge in [0.05, 0.1) is 0 Å². The van der Waals surface area contributed by atoms with Crippen molar-refractivity contribution in [1.82, 2.24) is 0 Å². The molecule has 0 spiro atoms. The molecule has 0 aliphatic heterocycles. The molecule has 0 aliphatic carbocycles. The van der Waals surface area contributed by atoms with Crippen molar-refractivity contribution in [1.29, 1.82) is 0 Å². The Morgan fingerprint density at radius 1 is 1.00 bits per heavy atom. The first-order valence-corrected chi connectivity index (χ1v) is 0. The molecule has 0 unspecified atom stereocenters. The molecular formula is CH7NOZn.